The normalized spacial score (nSPS) is 17.4. The number of nitro groups is 1. The third-order valence-corrected chi connectivity index (χ3v) is 6.00. The molecular weight excluding hydrogens is 436 g/mol. The number of carbonyl (C=O) groups excluding carboxylic acids is 1. The first kappa shape index (κ1) is 19.8. The molecule has 0 spiro atoms. The summed E-state index contributed by atoms with van der Waals surface area (Å²) < 4.78 is 6.85. The lowest BCUT2D eigenvalue weighted by atomic mass is 10.2. The number of aryl methyl sites for hydroxylation is 1. The molecule has 3 rings (SSSR count). The Hall–Kier alpha value is -1.94. The second-order valence-corrected chi connectivity index (χ2v) is 9.53. The molecule has 1 aromatic carbocycles. The first-order chi connectivity index (χ1) is 12.5. The van der Waals surface area contributed by atoms with Gasteiger partial charge in [-0.2, -0.15) is 0 Å². The Bertz CT molecular complexity index is 908. The molecule has 1 aromatic heterocycles. The number of anilines is 1. The monoisotopic (exact) mass is 456 g/mol. The molecule has 1 amide bonds. The van der Waals surface area contributed by atoms with Gasteiger partial charge in [-0.05, 0) is 50.0 Å². The molecule has 0 bridgehead atoms. The number of nitrogens with zero attached hydrogens (tertiary/aromatic N) is 3. The van der Waals surface area contributed by atoms with Crippen molar-refractivity contribution in [1.82, 2.24) is 10.3 Å². The number of benzene rings is 1. The number of thiazole rings is 1. The van der Waals surface area contributed by atoms with E-state index in [2.05, 4.69) is 26.2 Å². The van der Waals surface area contributed by atoms with Crippen LogP contribution in [0.4, 0.5) is 16.2 Å². The van der Waals surface area contributed by atoms with Gasteiger partial charge in [0.1, 0.15) is 16.8 Å². The fourth-order valence-corrected chi connectivity index (χ4v) is 4.61. The highest BCUT2D eigenvalue weighted by atomic mass is 79.9. The molecule has 0 aliphatic carbocycles. The predicted molar refractivity (Wildman–Crippen MR) is 109 cm³/mol. The number of halogens is 1. The van der Waals surface area contributed by atoms with Crippen molar-refractivity contribution in [2.75, 3.05) is 18.0 Å². The Labute approximate surface area is 169 Å². The van der Waals surface area contributed by atoms with Gasteiger partial charge in [-0.1, -0.05) is 0 Å². The number of nitrogens with one attached hydrogen (secondary N) is 1. The number of amides is 1. The molecule has 2 heterocycles. The quantitative estimate of drug-likeness (QED) is 0.543. The zero-order valence-corrected chi connectivity index (χ0v) is 17.9. The van der Waals surface area contributed by atoms with E-state index in [4.69, 9.17) is 4.74 Å². The van der Waals surface area contributed by atoms with E-state index in [-0.39, 0.29) is 16.7 Å². The standard InChI is InChI=1S/C17H21BrN4O4S/c1-9-19-13-14(12(22(24)25)7-11(18)15(13)27-9)21-6-5-10(8-21)20-16(23)26-17(2,3)4/h7,10H,5-6,8H2,1-4H3,(H,20,23). The van der Waals surface area contributed by atoms with Gasteiger partial charge in [-0.25, -0.2) is 9.78 Å². The third kappa shape index (κ3) is 4.32. The number of alkyl carbamates (subject to hydrolysis) is 1. The second-order valence-electron chi connectivity index (χ2n) is 7.47. The van der Waals surface area contributed by atoms with Crippen LogP contribution in [-0.2, 0) is 4.74 Å². The summed E-state index contributed by atoms with van der Waals surface area (Å²) in [5.74, 6) is 0. The topological polar surface area (TPSA) is 97.6 Å². The SMILES string of the molecule is Cc1nc2c(N3CCC(NC(=O)OC(C)(C)C)C3)c([N+](=O)[O-])cc(Br)c2s1. The van der Waals surface area contributed by atoms with Crippen LogP contribution < -0.4 is 10.2 Å². The van der Waals surface area contributed by atoms with Crippen LogP contribution >= 0.6 is 27.3 Å². The Morgan fingerprint density at radius 1 is 1.52 bits per heavy atom. The molecule has 27 heavy (non-hydrogen) atoms. The van der Waals surface area contributed by atoms with Crippen molar-refractivity contribution in [3.63, 3.8) is 0 Å². The zero-order valence-electron chi connectivity index (χ0n) is 15.5. The van der Waals surface area contributed by atoms with Crippen LogP contribution in [0.15, 0.2) is 10.5 Å². The van der Waals surface area contributed by atoms with Crippen molar-refractivity contribution in [1.29, 1.82) is 0 Å². The van der Waals surface area contributed by atoms with Gasteiger partial charge in [0.25, 0.3) is 5.69 Å². The molecule has 1 unspecified atom stereocenters. The van der Waals surface area contributed by atoms with E-state index < -0.39 is 11.7 Å². The molecule has 1 aliphatic rings. The molecule has 146 valence electrons. The molecular formula is C17H21BrN4O4S. The molecule has 0 radical (unpaired) electrons. The lowest BCUT2D eigenvalue weighted by molar-refractivity contribution is -0.384. The largest absolute Gasteiger partial charge is 0.444 e. The molecule has 1 atom stereocenters. The number of hydrogen-bond acceptors (Lipinski definition) is 7. The van der Waals surface area contributed by atoms with E-state index >= 15 is 0 Å². The summed E-state index contributed by atoms with van der Waals surface area (Å²) >= 11 is 4.91. The summed E-state index contributed by atoms with van der Waals surface area (Å²) in [6, 6.07) is 1.39. The maximum atomic E-state index is 12.0. The van der Waals surface area contributed by atoms with E-state index in [0.717, 1.165) is 9.71 Å². The number of rotatable bonds is 3. The highest BCUT2D eigenvalue weighted by molar-refractivity contribution is 9.10. The zero-order chi connectivity index (χ0) is 19.9. The highest BCUT2D eigenvalue weighted by Crippen LogP contribution is 2.43. The van der Waals surface area contributed by atoms with Gasteiger partial charge < -0.3 is 15.0 Å². The van der Waals surface area contributed by atoms with Crippen molar-refractivity contribution < 1.29 is 14.5 Å². The van der Waals surface area contributed by atoms with Crippen LogP contribution in [-0.4, -0.2) is 40.7 Å². The lowest BCUT2D eigenvalue weighted by Gasteiger charge is -2.22. The van der Waals surface area contributed by atoms with E-state index in [1.54, 1.807) is 20.8 Å². The minimum Gasteiger partial charge on any atom is -0.444 e. The number of nitro benzene ring substituents is 1. The molecule has 8 nitrogen and oxygen atoms in total. The summed E-state index contributed by atoms with van der Waals surface area (Å²) in [6.45, 7) is 8.35. The molecule has 0 saturated carbocycles. The van der Waals surface area contributed by atoms with Crippen molar-refractivity contribution in [2.24, 2.45) is 0 Å². The van der Waals surface area contributed by atoms with Crippen LogP contribution in [0.3, 0.4) is 0 Å². The van der Waals surface area contributed by atoms with Gasteiger partial charge in [0, 0.05) is 23.6 Å². The Morgan fingerprint density at radius 2 is 2.22 bits per heavy atom. The van der Waals surface area contributed by atoms with Gasteiger partial charge in [0.15, 0.2) is 0 Å². The number of carbonyl (C=O) groups is 1. The maximum Gasteiger partial charge on any atom is 0.407 e. The van der Waals surface area contributed by atoms with Crippen LogP contribution in [0.25, 0.3) is 10.2 Å². The number of fused-ring (bicyclic) bond motifs is 1. The molecule has 1 aliphatic heterocycles. The van der Waals surface area contributed by atoms with Crippen LogP contribution in [0.1, 0.15) is 32.2 Å². The fourth-order valence-electron chi connectivity index (χ4n) is 3.13. The molecule has 1 saturated heterocycles. The van der Waals surface area contributed by atoms with E-state index in [0.29, 0.717) is 35.2 Å². The van der Waals surface area contributed by atoms with Gasteiger partial charge >= 0.3 is 6.09 Å². The van der Waals surface area contributed by atoms with Gasteiger partial charge in [0.05, 0.1) is 20.7 Å². The third-order valence-electron chi connectivity index (χ3n) is 4.10. The van der Waals surface area contributed by atoms with Crippen molar-refractivity contribution >= 4 is 55.0 Å². The summed E-state index contributed by atoms with van der Waals surface area (Å²) in [7, 11) is 0. The first-order valence-corrected chi connectivity index (χ1v) is 10.1. The fraction of sp³-hybridized carbons (Fsp3) is 0.529. The highest BCUT2D eigenvalue weighted by Gasteiger charge is 2.33. The van der Waals surface area contributed by atoms with Crippen molar-refractivity contribution in [3.05, 3.63) is 25.7 Å². The molecule has 1 fully saturated rings. The number of ether oxygens (including phenoxy) is 1. The van der Waals surface area contributed by atoms with Crippen molar-refractivity contribution in [3.8, 4) is 0 Å². The molecule has 2 aromatic rings. The average Bonchev–Trinajstić information content (AvgIpc) is 3.11. The minimum absolute atomic E-state index is 0.0117. The molecule has 10 heteroatoms. The Kier molecular flexibility index (Phi) is 5.31. The average molecular weight is 457 g/mol. The first-order valence-electron chi connectivity index (χ1n) is 8.53. The van der Waals surface area contributed by atoms with Crippen LogP contribution in [0.5, 0.6) is 0 Å². The molecule has 1 N–H and O–H groups in total. The second kappa shape index (κ2) is 7.23. The Morgan fingerprint density at radius 3 is 2.85 bits per heavy atom. The van der Waals surface area contributed by atoms with E-state index in [1.807, 2.05) is 11.8 Å². The van der Waals surface area contributed by atoms with Gasteiger partial charge in [-0.15, -0.1) is 11.3 Å². The lowest BCUT2D eigenvalue weighted by Crippen LogP contribution is -2.40. The van der Waals surface area contributed by atoms with Crippen LogP contribution in [0, 0.1) is 17.0 Å². The maximum absolute atomic E-state index is 12.0. The number of aromatic nitrogens is 1. The summed E-state index contributed by atoms with van der Waals surface area (Å²) in [6.07, 6.45) is 0.200. The summed E-state index contributed by atoms with van der Waals surface area (Å²) in [4.78, 5) is 29.7. The predicted octanol–water partition coefficient (Wildman–Crippen LogP) is 4.38. The summed E-state index contributed by atoms with van der Waals surface area (Å²) in [5.41, 5.74) is 0.571. The van der Waals surface area contributed by atoms with Gasteiger partial charge in [-0.3, -0.25) is 10.1 Å². The number of hydrogen-bond donors (Lipinski definition) is 1. The summed E-state index contributed by atoms with van der Waals surface area (Å²) in [5, 5.41) is 15.3. The van der Waals surface area contributed by atoms with E-state index in [9.17, 15) is 14.9 Å². The minimum atomic E-state index is -0.572. The van der Waals surface area contributed by atoms with Gasteiger partial charge in [0.2, 0.25) is 0 Å². The Balaban J connectivity index is 1.88. The van der Waals surface area contributed by atoms with E-state index in [1.165, 1.54) is 17.4 Å². The smallest absolute Gasteiger partial charge is 0.407 e. The van der Waals surface area contributed by atoms with Crippen LogP contribution in [0.2, 0.25) is 0 Å². The van der Waals surface area contributed by atoms with Crippen molar-refractivity contribution in [2.45, 2.75) is 45.8 Å².